The zero-order chi connectivity index (χ0) is 83.3. The normalized spacial score (nSPS) is 23.7. The van der Waals surface area contributed by atoms with Crippen molar-refractivity contribution < 1.29 is 97.1 Å². The van der Waals surface area contributed by atoms with Gasteiger partial charge in [0.05, 0.1) is 31.3 Å². The number of aliphatic hydroxyl groups excluding tert-OH is 1. The molecule has 45 heteroatoms. The van der Waals surface area contributed by atoms with Gasteiger partial charge in [0.15, 0.2) is 5.96 Å². The Kier molecular flexibility index (Phi) is 34.3. The van der Waals surface area contributed by atoms with Gasteiger partial charge in [0.1, 0.15) is 78.3 Å². The highest BCUT2D eigenvalue weighted by Crippen LogP contribution is 2.26. The number of amides is 15. The van der Waals surface area contributed by atoms with Crippen molar-refractivity contribution in [3.63, 3.8) is 0 Å². The van der Waals surface area contributed by atoms with Crippen molar-refractivity contribution in [2.24, 2.45) is 22.9 Å². The van der Waals surface area contributed by atoms with E-state index in [9.17, 15) is 78.0 Å². The second-order valence-electron chi connectivity index (χ2n) is 27.3. The summed E-state index contributed by atoms with van der Waals surface area (Å²) in [6.45, 7) is -0.810. The summed E-state index contributed by atoms with van der Waals surface area (Å²) in [5, 5.41) is 91.1. The number of benzene rings is 2. The maximum absolute atomic E-state index is 15.3. The number of guanidine groups is 1. The number of aromatic amines is 1. The van der Waals surface area contributed by atoms with E-state index in [-0.39, 0.29) is 108 Å². The van der Waals surface area contributed by atoms with Crippen molar-refractivity contribution in [3.8, 4) is 5.75 Å². The number of aliphatic hydroxyl groups is 1. The van der Waals surface area contributed by atoms with Gasteiger partial charge in [0.2, 0.25) is 76.8 Å². The molecule has 13 atom stereocenters. The molecule has 114 heavy (non-hydrogen) atoms. The second-order valence-corrected chi connectivity index (χ2v) is 29.9. The van der Waals surface area contributed by atoms with E-state index in [1.807, 2.05) is 0 Å². The van der Waals surface area contributed by atoms with Gasteiger partial charge in [-0.15, -0.1) is 5.10 Å². The molecular weight excluding hydrogens is 1540 g/mol. The van der Waals surface area contributed by atoms with Gasteiger partial charge in [0.25, 0.3) is 0 Å². The number of fused-ring (bicyclic) bond motifs is 12. The number of aliphatic carboxylic acids is 2. The lowest BCUT2D eigenvalue weighted by Gasteiger charge is -2.31. The fourth-order valence-corrected chi connectivity index (χ4v) is 14.9. The number of nitrogens with zero attached hydrogens (tertiary/aromatic N) is 4. The number of H-pyrrole nitrogens is 1. The zero-order valence-electron chi connectivity index (χ0n) is 62.1. The van der Waals surface area contributed by atoms with Crippen molar-refractivity contribution in [2.75, 3.05) is 37.7 Å². The topological polar surface area (TPSA) is 688 Å². The number of carbonyl (C=O) groups is 16. The van der Waals surface area contributed by atoms with Crippen LogP contribution >= 0.6 is 21.6 Å². The van der Waals surface area contributed by atoms with Crippen LogP contribution in [-0.4, -0.2) is 262 Å². The fraction of sp³-hybridized carbons (Fsp3) is 0.522. The van der Waals surface area contributed by atoms with Crippen LogP contribution in [0.1, 0.15) is 101 Å². The molecule has 3 aliphatic heterocycles. The number of urea groups is 1. The number of aromatic nitrogens is 4. The summed E-state index contributed by atoms with van der Waals surface area (Å²) in [6.07, 6.45) is -3.11. The minimum Gasteiger partial charge on any atom is -0.508 e. The van der Waals surface area contributed by atoms with Crippen molar-refractivity contribution in [3.05, 3.63) is 77.7 Å². The Morgan fingerprint density at radius 1 is 0.675 bits per heavy atom. The molecule has 4 aromatic rings. The molecule has 0 spiro atoms. The third-order valence-electron chi connectivity index (χ3n) is 18.6. The smallest absolute Gasteiger partial charge is 0.326 e. The SMILES string of the molecule is C[C@@H](O)[C@@H]1NC(=O)[C@@H]2Cn3cc(nn3)CCC[C@H](C(=O)N[C@@H](Cc3ccc(O)cc3)C(=O)O)NC(=O)[C@H](CCC(N)=O)NC(=O)[C@H](CCc3c[nH]c4ccccc34)NC(=O)[C@H](CCCNC(N)=O)NC(=O)[C@H](CSSC[C@H](NC(=O)CN)C(=O)N2)NC(=O)[C@H](CCCNC(=N)N)NC(=O)C2CCCN2C(=O)[C@H](CC(=O)O)NC1=O. The van der Waals surface area contributed by atoms with Crippen molar-refractivity contribution in [1.82, 2.24) is 94.0 Å². The number of nitrogens with two attached hydrogens (primary N) is 4. The summed E-state index contributed by atoms with van der Waals surface area (Å²) < 4.78 is 1.05. The third kappa shape index (κ3) is 27.8. The average molecular weight is 1630 g/mol. The Hall–Kier alpha value is -11.9. The van der Waals surface area contributed by atoms with Crippen LogP contribution in [0.2, 0.25) is 0 Å². The number of rotatable bonds is 24. The van der Waals surface area contributed by atoms with Crippen LogP contribution in [0.15, 0.2) is 60.9 Å². The molecule has 27 N–H and O–H groups in total. The molecule has 620 valence electrons. The second kappa shape index (κ2) is 43.8. The minimum atomic E-state index is -2.06. The summed E-state index contributed by atoms with van der Waals surface area (Å²) >= 11 is 0. The quantitative estimate of drug-likeness (QED) is 0.0134. The fourth-order valence-electron chi connectivity index (χ4n) is 12.6. The van der Waals surface area contributed by atoms with Crippen LogP contribution in [0.3, 0.4) is 0 Å². The van der Waals surface area contributed by atoms with Crippen LogP contribution in [-0.2, 0) is 97.7 Å². The molecule has 4 bridgehead atoms. The van der Waals surface area contributed by atoms with Gasteiger partial charge in [-0.2, -0.15) is 0 Å². The first-order valence-corrected chi connectivity index (χ1v) is 39.1. The highest BCUT2D eigenvalue weighted by Gasteiger charge is 2.43. The minimum absolute atomic E-state index is 0.0216. The van der Waals surface area contributed by atoms with Gasteiger partial charge < -0.3 is 122 Å². The summed E-state index contributed by atoms with van der Waals surface area (Å²) in [5.41, 5.74) is 24.1. The summed E-state index contributed by atoms with van der Waals surface area (Å²) in [5.74, 6) is -19.0. The van der Waals surface area contributed by atoms with Crippen molar-refractivity contribution >= 4 is 133 Å². The van der Waals surface area contributed by atoms with Crippen LogP contribution < -0.4 is 92.1 Å². The highest BCUT2D eigenvalue weighted by molar-refractivity contribution is 8.76. The van der Waals surface area contributed by atoms with Crippen molar-refractivity contribution in [2.45, 2.75) is 188 Å². The average Bonchev–Trinajstić information content (AvgIpc) is 1.61. The molecule has 43 nitrogen and oxygen atoms in total. The highest BCUT2D eigenvalue weighted by atomic mass is 33.1. The largest absolute Gasteiger partial charge is 0.508 e. The number of carbonyl (C=O) groups excluding carboxylic acids is 14. The summed E-state index contributed by atoms with van der Waals surface area (Å²) in [7, 11) is 1.62. The molecule has 0 radical (unpaired) electrons. The van der Waals surface area contributed by atoms with E-state index < -0.39 is 223 Å². The first-order valence-electron chi connectivity index (χ1n) is 36.6. The van der Waals surface area contributed by atoms with Gasteiger partial charge in [-0.1, -0.05) is 57.1 Å². The molecule has 1 unspecified atom stereocenters. The molecule has 0 saturated carbocycles. The number of phenols is 1. The molecular formula is C69H97N23O20S2. The molecule has 15 amide bonds. The Bertz CT molecular complexity index is 4150. The number of hydrogen-bond donors (Lipinski definition) is 23. The molecule has 7 rings (SSSR count). The molecule has 3 aliphatic rings. The first kappa shape index (κ1) is 89.3. The summed E-state index contributed by atoms with van der Waals surface area (Å²) in [6, 6.07) is -9.53. The van der Waals surface area contributed by atoms with Gasteiger partial charge in [0, 0.05) is 67.3 Å². The maximum atomic E-state index is 15.3. The predicted molar refractivity (Wildman–Crippen MR) is 407 cm³/mol. The van der Waals surface area contributed by atoms with Gasteiger partial charge in [-0.3, -0.25) is 72.5 Å². The standard InChI is InChI=1S/C69H97N23O20S2/c1-34(93)55-65(108)84-46(27-54(97)98)66(109)92-25-7-14-51(92)64(107)83-43(12-5-23-75-68(72)73)58(101)87-50-33-114-113-32-49(78-53(96)28-70)62(105)86-48(61(104)88-55)31-91-30-37(89-90-91)8-4-11-41(57(100)85-47(67(110)111)26-35-15-18-38(94)19-16-35)79-60(103)45(21-22-52(71)95)82-59(102)44(20-17-36-29-77-40-10-3-2-9-39(36)40)81-56(99)42(80-63(50)106)13-6-24-76-69(74)112/h2-3,9-10,15-16,18-19,29-30,34,41-51,55,77,93-94H,4-8,11-14,17,20-28,31-33,70H2,1H3,(H2,71,95)(H,78,96)(H,79,103)(H,80,106)(H,81,99)(H,82,102)(H,83,107)(H,84,108)(H,85,100)(H,86,105)(H,87,101)(H,88,104)(H,97,98)(H,110,111)(H4,72,73,75)(H3,74,76,112)/t34-,41-,42+,43+,44+,45+,46+,47+,48+,49+,50+,51?,55+/m1/s1. The van der Waals surface area contributed by atoms with E-state index in [2.05, 4.69) is 84.4 Å². The molecule has 2 saturated heterocycles. The van der Waals surface area contributed by atoms with Gasteiger partial charge >= 0.3 is 18.0 Å². The summed E-state index contributed by atoms with van der Waals surface area (Å²) in [4.78, 5) is 231. The lowest BCUT2D eigenvalue weighted by atomic mass is 10.0. The Morgan fingerprint density at radius 3 is 1.93 bits per heavy atom. The number of para-hydroxylation sites is 1. The number of aromatic hydroxyl groups is 1. The Morgan fingerprint density at radius 2 is 1.28 bits per heavy atom. The number of aryl methyl sites for hydroxylation is 2. The molecule has 0 aliphatic carbocycles. The van der Waals surface area contributed by atoms with Crippen LogP contribution in [0.5, 0.6) is 5.75 Å². The monoisotopic (exact) mass is 1630 g/mol. The predicted octanol–water partition coefficient (Wildman–Crippen LogP) is -6.73. The maximum Gasteiger partial charge on any atom is 0.326 e. The Balaban J connectivity index is 1.39. The van der Waals surface area contributed by atoms with Gasteiger partial charge in [-0.25, -0.2) is 14.3 Å². The lowest BCUT2D eigenvalue weighted by molar-refractivity contribution is -0.146. The van der Waals surface area contributed by atoms with Crippen LogP contribution in [0.4, 0.5) is 4.79 Å². The van der Waals surface area contributed by atoms with E-state index in [0.29, 0.717) is 22.0 Å². The number of hydrogen-bond acceptors (Lipinski definition) is 24. The molecule has 2 aromatic carbocycles. The van der Waals surface area contributed by atoms with Crippen LogP contribution in [0.25, 0.3) is 10.9 Å². The van der Waals surface area contributed by atoms with E-state index in [1.165, 1.54) is 30.5 Å². The van der Waals surface area contributed by atoms with E-state index >= 15 is 19.2 Å². The number of phenolic OH excluding ortho intramolecular Hbond substituents is 1. The number of primary amides is 2. The molecule has 2 aromatic heterocycles. The van der Waals surface area contributed by atoms with Gasteiger partial charge in [-0.05, 0) is 113 Å². The molecule has 2 fully saturated rings. The van der Waals surface area contributed by atoms with E-state index in [1.54, 1.807) is 30.5 Å². The number of carboxylic acids is 2. The first-order chi connectivity index (χ1) is 54.3. The third-order valence-corrected chi connectivity index (χ3v) is 21.0. The van der Waals surface area contributed by atoms with Crippen LogP contribution in [0, 0.1) is 5.41 Å². The number of nitrogens with one attached hydrogen (secondary N) is 15. The molecule has 5 heterocycles. The lowest BCUT2D eigenvalue weighted by Crippen LogP contribution is -2.62. The number of carboxylic acid groups (broad SMARTS) is 2. The van der Waals surface area contributed by atoms with E-state index in [0.717, 1.165) is 38.1 Å². The Labute approximate surface area is 659 Å². The van der Waals surface area contributed by atoms with E-state index in [4.69, 9.17) is 28.3 Å². The van der Waals surface area contributed by atoms with Crippen molar-refractivity contribution in [1.29, 1.82) is 5.41 Å². The zero-order valence-corrected chi connectivity index (χ0v) is 63.7.